The van der Waals surface area contributed by atoms with Gasteiger partial charge in [-0.05, 0) is 36.6 Å². The normalized spacial score (nSPS) is 12.8. The minimum Gasteiger partial charge on any atom is -0.480 e. The molecule has 2 aromatic carbocycles. The van der Waals surface area contributed by atoms with Gasteiger partial charge in [-0.1, -0.05) is 42.5 Å². The molecule has 0 aromatic heterocycles. The third kappa shape index (κ3) is 3.52. The summed E-state index contributed by atoms with van der Waals surface area (Å²) in [6, 6.07) is 11.9. The van der Waals surface area contributed by atoms with Gasteiger partial charge in [-0.25, -0.2) is 8.42 Å². The van der Waals surface area contributed by atoms with Crippen LogP contribution in [0.1, 0.15) is 22.7 Å². The molecule has 0 aliphatic carbocycles. The van der Waals surface area contributed by atoms with Crippen molar-refractivity contribution in [1.82, 2.24) is 4.72 Å². The summed E-state index contributed by atoms with van der Waals surface area (Å²) >= 11 is 0. The number of carbonyl (C=O) groups is 1. The molecule has 116 valence electrons. The van der Waals surface area contributed by atoms with Crippen molar-refractivity contribution < 1.29 is 18.3 Å². The molecule has 0 aliphatic heterocycles. The van der Waals surface area contributed by atoms with E-state index in [1.807, 2.05) is 0 Å². The quantitative estimate of drug-likeness (QED) is 0.886. The first-order valence-electron chi connectivity index (χ1n) is 6.68. The standard InChI is InChI=1S/C16H17NO4S/c1-11-8-9-12(2)14(10-11)22(20,21)17-15(16(18)19)13-6-4-3-5-7-13/h3-10,15,17H,1-2H3,(H,18,19). The van der Waals surface area contributed by atoms with E-state index in [1.165, 1.54) is 6.07 Å². The topological polar surface area (TPSA) is 83.5 Å². The summed E-state index contributed by atoms with van der Waals surface area (Å²) in [4.78, 5) is 11.5. The van der Waals surface area contributed by atoms with Crippen LogP contribution in [0.3, 0.4) is 0 Å². The number of carboxylic acids is 1. The van der Waals surface area contributed by atoms with Crippen LogP contribution in [0.5, 0.6) is 0 Å². The van der Waals surface area contributed by atoms with E-state index >= 15 is 0 Å². The summed E-state index contributed by atoms with van der Waals surface area (Å²) < 4.78 is 27.3. The van der Waals surface area contributed by atoms with Crippen LogP contribution in [-0.2, 0) is 14.8 Å². The predicted molar refractivity (Wildman–Crippen MR) is 83.1 cm³/mol. The molecule has 22 heavy (non-hydrogen) atoms. The molecule has 0 saturated carbocycles. The number of nitrogens with one attached hydrogen (secondary N) is 1. The average Bonchev–Trinajstić information content (AvgIpc) is 2.48. The van der Waals surface area contributed by atoms with Gasteiger partial charge in [-0.2, -0.15) is 4.72 Å². The Morgan fingerprint density at radius 1 is 1.09 bits per heavy atom. The number of sulfonamides is 1. The van der Waals surface area contributed by atoms with E-state index in [0.717, 1.165) is 5.56 Å². The van der Waals surface area contributed by atoms with Gasteiger partial charge in [0.1, 0.15) is 6.04 Å². The van der Waals surface area contributed by atoms with Crippen molar-refractivity contribution in [2.75, 3.05) is 0 Å². The first kappa shape index (κ1) is 16.2. The van der Waals surface area contributed by atoms with Crippen molar-refractivity contribution in [2.24, 2.45) is 0 Å². The summed E-state index contributed by atoms with van der Waals surface area (Å²) in [6.07, 6.45) is 0. The molecule has 0 heterocycles. The molecule has 0 bridgehead atoms. The highest BCUT2D eigenvalue weighted by molar-refractivity contribution is 7.89. The number of aliphatic carboxylic acids is 1. The third-order valence-electron chi connectivity index (χ3n) is 3.29. The lowest BCUT2D eigenvalue weighted by Gasteiger charge is -2.16. The number of hydrogen-bond acceptors (Lipinski definition) is 3. The largest absolute Gasteiger partial charge is 0.480 e. The summed E-state index contributed by atoms with van der Waals surface area (Å²) in [5.74, 6) is -1.25. The van der Waals surface area contributed by atoms with E-state index in [4.69, 9.17) is 0 Å². The smallest absolute Gasteiger partial charge is 0.326 e. The van der Waals surface area contributed by atoms with Crippen molar-refractivity contribution >= 4 is 16.0 Å². The third-order valence-corrected chi connectivity index (χ3v) is 4.85. The fourth-order valence-electron chi connectivity index (χ4n) is 2.12. The molecule has 5 nitrogen and oxygen atoms in total. The second kappa shape index (κ2) is 6.29. The zero-order chi connectivity index (χ0) is 16.3. The van der Waals surface area contributed by atoms with Crippen molar-refractivity contribution in [2.45, 2.75) is 24.8 Å². The lowest BCUT2D eigenvalue weighted by Crippen LogP contribution is -2.34. The van der Waals surface area contributed by atoms with Crippen LogP contribution in [0.4, 0.5) is 0 Å². The Kier molecular flexibility index (Phi) is 4.63. The predicted octanol–water partition coefficient (Wildman–Crippen LogP) is 2.41. The molecule has 0 spiro atoms. The van der Waals surface area contributed by atoms with E-state index in [1.54, 1.807) is 56.3 Å². The Labute approximate surface area is 129 Å². The molecule has 2 aromatic rings. The Hall–Kier alpha value is -2.18. The van der Waals surface area contributed by atoms with Gasteiger partial charge in [0, 0.05) is 0 Å². The fourth-order valence-corrected chi connectivity index (χ4v) is 3.63. The molecule has 0 amide bonds. The maximum absolute atomic E-state index is 12.5. The second-order valence-electron chi connectivity index (χ2n) is 5.07. The minimum absolute atomic E-state index is 0.0923. The number of rotatable bonds is 5. The molecular formula is C16H17NO4S. The van der Waals surface area contributed by atoms with Crippen LogP contribution < -0.4 is 4.72 Å². The fraction of sp³-hybridized carbons (Fsp3) is 0.188. The van der Waals surface area contributed by atoms with Crippen molar-refractivity contribution in [3.63, 3.8) is 0 Å². The molecular weight excluding hydrogens is 302 g/mol. The maximum atomic E-state index is 12.5. The van der Waals surface area contributed by atoms with E-state index < -0.39 is 22.0 Å². The maximum Gasteiger partial charge on any atom is 0.326 e. The van der Waals surface area contributed by atoms with Crippen LogP contribution in [0.15, 0.2) is 53.4 Å². The first-order chi connectivity index (χ1) is 10.3. The number of aryl methyl sites for hydroxylation is 2. The lowest BCUT2D eigenvalue weighted by atomic mass is 10.1. The van der Waals surface area contributed by atoms with Gasteiger partial charge in [-0.15, -0.1) is 0 Å². The molecule has 0 saturated heterocycles. The van der Waals surface area contributed by atoms with Crippen LogP contribution in [0.2, 0.25) is 0 Å². The molecule has 0 fully saturated rings. The zero-order valence-electron chi connectivity index (χ0n) is 12.3. The Balaban J connectivity index is 2.41. The van der Waals surface area contributed by atoms with Gasteiger partial charge in [0.05, 0.1) is 4.90 Å². The Morgan fingerprint density at radius 2 is 1.73 bits per heavy atom. The molecule has 2 N–H and O–H groups in total. The molecule has 2 rings (SSSR count). The first-order valence-corrected chi connectivity index (χ1v) is 8.17. The average molecular weight is 319 g/mol. The summed E-state index contributed by atoms with van der Waals surface area (Å²) in [6.45, 7) is 3.45. The van der Waals surface area contributed by atoms with Crippen LogP contribution >= 0.6 is 0 Å². The summed E-state index contributed by atoms with van der Waals surface area (Å²) in [5.41, 5.74) is 1.73. The summed E-state index contributed by atoms with van der Waals surface area (Å²) in [5, 5.41) is 9.33. The molecule has 6 heteroatoms. The van der Waals surface area contributed by atoms with Gasteiger partial charge < -0.3 is 5.11 Å². The van der Waals surface area contributed by atoms with Gasteiger partial charge >= 0.3 is 5.97 Å². The Morgan fingerprint density at radius 3 is 2.32 bits per heavy atom. The highest BCUT2D eigenvalue weighted by atomic mass is 32.2. The zero-order valence-corrected chi connectivity index (χ0v) is 13.1. The Bertz CT molecular complexity index is 785. The van der Waals surface area contributed by atoms with Crippen LogP contribution in [0, 0.1) is 13.8 Å². The van der Waals surface area contributed by atoms with E-state index in [0.29, 0.717) is 11.1 Å². The molecule has 0 aliphatic rings. The monoisotopic (exact) mass is 319 g/mol. The van der Waals surface area contributed by atoms with E-state index in [-0.39, 0.29) is 4.90 Å². The highest BCUT2D eigenvalue weighted by Crippen LogP contribution is 2.21. The summed E-state index contributed by atoms with van der Waals surface area (Å²) in [7, 11) is -3.94. The van der Waals surface area contributed by atoms with Gasteiger partial charge in [0.15, 0.2) is 0 Å². The second-order valence-corrected chi connectivity index (χ2v) is 6.75. The lowest BCUT2D eigenvalue weighted by molar-refractivity contribution is -0.139. The molecule has 1 atom stereocenters. The van der Waals surface area contributed by atoms with Gasteiger partial charge in [0.25, 0.3) is 0 Å². The molecule has 0 radical (unpaired) electrons. The number of benzene rings is 2. The van der Waals surface area contributed by atoms with Crippen molar-refractivity contribution in [1.29, 1.82) is 0 Å². The number of carboxylic acid groups (broad SMARTS) is 1. The van der Waals surface area contributed by atoms with E-state index in [2.05, 4.69) is 4.72 Å². The van der Waals surface area contributed by atoms with Crippen LogP contribution in [0.25, 0.3) is 0 Å². The highest BCUT2D eigenvalue weighted by Gasteiger charge is 2.27. The van der Waals surface area contributed by atoms with E-state index in [9.17, 15) is 18.3 Å². The van der Waals surface area contributed by atoms with Crippen molar-refractivity contribution in [3.05, 3.63) is 65.2 Å². The van der Waals surface area contributed by atoms with Gasteiger partial charge in [0.2, 0.25) is 10.0 Å². The SMILES string of the molecule is Cc1ccc(C)c(S(=O)(=O)NC(C(=O)O)c2ccccc2)c1. The van der Waals surface area contributed by atoms with Gasteiger partial charge in [-0.3, -0.25) is 4.79 Å². The van der Waals surface area contributed by atoms with Crippen LogP contribution in [-0.4, -0.2) is 19.5 Å². The minimum atomic E-state index is -3.94. The number of hydrogen-bond donors (Lipinski definition) is 2. The van der Waals surface area contributed by atoms with Crippen molar-refractivity contribution in [3.8, 4) is 0 Å². The molecule has 1 unspecified atom stereocenters.